The predicted molar refractivity (Wildman–Crippen MR) is 59.8 cm³/mol. The van der Waals surface area contributed by atoms with Gasteiger partial charge in [-0.2, -0.15) is 0 Å². The van der Waals surface area contributed by atoms with Gasteiger partial charge in [-0.15, -0.1) is 0 Å². The van der Waals surface area contributed by atoms with Gasteiger partial charge in [-0.3, -0.25) is 0 Å². The minimum Gasteiger partial charge on any atom is -0.478 e. The van der Waals surface area contributed by atoms with E-state index >= 15 is 0 Å². The second-order valence-electron chi connectivity index (χ2n) is 3.85. The van der Waals surface area contributed by atoms with Crippen molar-refractivity contribution >= 4 is 11.5 Å². The van der Waals surface area contributed by atoms with Crippen LogP contribution in [0.25, 0.3) is 5.57 Å². The topological polar surface area (TPSA) is 37.3 Å². The average molecular weight is 202 g/mol. The lowest BCUT2D eigenvalue weighted by Crippen LogP contribution is -1.91. The Morgan fingerprint density at radius 1 is 1.47 bits per heavy atom. The van der Waals surface area contributed by atoms with E-state index in [9.17, 15) is 4.79 Å². The van der Waals surface area contributed by atoms with Crippen LogP contribution in [0.1, 0.15) is 30.0 Å². The molecule has 0 unspecified atom stereocenters. The van der Waals surface area contributed by atoms with E-state index in [1.54, 1.807) is 0 Å². The molecule has 0 aromatic heterocycles. The highest BCUT2D eigenvalue weighted by atomic mass is 16.4. The fourth-order valence-electron chi connectivity index (χ4n) is 2.06. The van der Waals surface area contributed by atoms with Crippen LogP contribution >= 0.6 is 0 Å². The molecule has 0 spiro atoms. The van der Waals surface area contributed by atoms with Crippen molar-refractivity contribution in [1.29, 1.82) is 0 Å². The first kappa shape index (κ1) is 9.97. The Morgan fingerprint density at radius 3 is 2.93 bits per heavy atom. The van der Waals surface area contributed by atoms with Gasteiger partial charge in [-0.05, 0) is 41.5 Å². The Hall–Kier alpha value is -1.57. The molecule has 2 rings (SSSR count). The van der Waals surface area contributed by atoms with E-state index in [0.29, 0.717) is 0 Å². The summed E-state index contributed by atoms with van der Waals surface area (Å²) in [6.07, 6.45) is 4.16. The molecule has 0 aliphatic heterocycles. The summed E-state index contributed by atoms with van der Waals surface area (Å²) in [6.45, 7) is 2.11. The molecule has 1 aliphatic carbocycles. The lowest BCUT2D eigenvalue weighted by molar-refractivity contribution is -0.131. The summed E-state index contributed by atoms with van der Waals surface area (Å²) < 4.78 is 0. The van der Waals surface area contributed by atoms with Crippen LogP contribution in [0.5, 0.6) is 0 Å². The third kappa shape index (κ3) is 1.94. The van der Waals surface area contributed by atoms with E-state index in [1.165, 1.54) is 17.2 Å². The molecule has 0 fully saturated rings. The van der Waals surface area contributed by atoms with Crippen molar-refractivity contribution in [1.82, 2.24) is 0 Å². The molecule has 0 amide bonds. The van der Waals surface area contributed by atoms with Gasteiger partial charge in [0.15, 0.2) is 0 Å². The first-order chi connectivity index (χ1) is 7.20. The van der Waals surface area contributed by atoms with Crippen LogP contribution in [0.3, 0.4) is 0 Å². The molecule has 1 aromatic carbocycles. The van der Waals surface area contributed by atoms with Gasteiger partial charge in [0.1, 0.15) is 0 Å². The van der Waals surface area contributed by atoms with Gasteiger partial charge in [0, 0.05) is 6.08 Å². The number of allylic oxidation sites excluding steroid dienone is 1. The van der Waals surface area contributed by atoms with E-state index in [-0.39, 0.29) is 0 Å². The van der Waals surface area contributed by atoms with Gasteiger partial charge in [0.2, 0.25) is 0 Å². The molecule has 0 atom stereocenters. The van der Waals surface area contributed by atoms with Gasteiger partial charge in [-0.1, -0.05) is 25.1 Å². The number of aliphatic carboxylic acids is 1. The molecular weight excluding hydrogens is 188 g/mol. The monoisotopic (exact) mass is 202 g/mol. The van der Waals surface area contributed by atoms with E-state index < -0.39 is 5.97 Å². The summed E-state index contributed by atoms with van der Waals surface area (Å²) in [5, 5.41) is 8.75. The lowest BCUT2D eigenvalue weighted by Gasteiger charge is -2.03. The zero-order valence-electron chi connectivity index (χ0n) is 8.79. The Bertz CT molecular complexity index is 430. The highest BCUT2D eigenvalue weighted by molar-refractivity contribution is 5.91. The van der Waals surface area contributed by atoms with Crippen LogP contribution in [0.15, 0.2) is 24.3 Å². The lowest BCUT2D eigenvalue weighted by atomic mass is 10.0. The number of carboxylic acid groups (broad SMARTS) is 1. The van der Waals surface area contributed by atoms with Crippen LogP contribution in [0, 0.1) is 0 Å². The number of carbonyl (C=O) groups is 1. The molecule has 0 saturated heterocycles. The van der Waals surface area contributed by atoms with Crippen molar-refractivity contribution < 1.29 is 9.90 Å². The summed E-state index contributed by atoms with van der Waals surface area (Å²) in [5.41, 5.74) is 4.65. The van der Waals surface area contributed by atoms with Crippen molar-refractivity contribution in [3.63, 3.8) is 0 Å². The molecule has 0 heterocycles. The predicted octanol–water partition coefficient (Wildman–Crippen LogP) is 2.66. The van der Waals surface area contributed by atoms with Gasteiger partial charge < -0.3 is 5.11 Å². The summed E-state index contributed by atoms with van der Waals surface area (Å²) in [6, 6.07) is 6.37. The smallest absolute Gasteiger partial charge is 0.328 e. The van der Waals surface area contributed by atoms with Gasteiger partial charge >= 0.3 is 5.97 Å². The highest BCUT2D eigenvalue weighted by Crippen LogP contribution is 2.32. The number of hydrogen-bond donors (Lipinski definition) is 1. The van der Waals surface area contributed by atoms with Crippen molar-refractivity contribution in [2.75, 3.05) is 0 Å². The van der Waals surface area contributed by atoms with E-state index in [4.69, 9.17) is 5.11 Å². The van der Waals surface area contributed by atoms with Crippen LogP contribution in [0.2, 0.25) is 0 Å². The van der Waals surface area contributed by atoms with E-state index in [2.05, 4.69) is 25.1 Å². The number of aryl methyl sites for hydroxylation is 2. The number of carboxylic acids is 1. The molecule has 0 radical (unpaired) electrons. The van der Waals surface area contributed by atoms with Crippen LogP contribution in [-0.4, -0.2) is 11.1 Å². The fourth-order valence-corrected chi connectivity index (χ4v) is 2.06. The molecule has 1 aliphatic rings. The maximum Gasteiger partial charge on any atom is 0.328 e. The van der Waals surface area contributed by atoms with Crippen LogP contribution < -0.4 is 0 Å². The largest absolute Gasteiger partial charge is 0.478 e. The zero-order valence-corrected chi connectivity index (χ0v) is 8.79. The second kappa shape index (κ2) is 3.89. The SMILES string of the molecule is CCc1ccc2c(c1)/C(=C/C(=O)O)CC2. The van der Waals surface area contributed by atoms with Crippen molar-refractivity contribution in [2.24, 2.45) is 0 Å². The molecule has 2 heteroatoms. The Balaban J connectivity index is 2.44. The molecule has 1 N–H and O–H groups in total. The number of benzene rings is 1. The molecular formula is C13H14O2. The first-order valence-electron chi connectivity index (χ1n) is 5.26. The third-order valence-corrected chi connectivity index (χ3v) is 2.89. The minimum absolute atomic E-state index is 0.847. The fraction of sp³-hybridized carbons (Fsp3) is 0.308. The Kier molecular flexibility index (Phi) is 2.58. The average Bonchev–Trinajstić information content (AvgIpc) is 2.60. The molecule has 0 bridgehead atoms. The first-order valence-corrected chi connectivity index (χ1v) is 5.26. The minimum atomic E-state index is -0.847. The molecule has 0 saturated carbocycles. The van der Waals surface area contributed by atoms with Gasteiger partial charge in [0.25, 0.3) is 0 Å². The quantitative estimate of drug-likeness (QED) is 0.748. The van der Waals surface area contributed by atoms with Gasteiger partial charge in [0.05, 0.1) is 0 Å². The summed E-state index contributed by atoms with van der Waals surface area (Å²) >= 11 is 0. The van der Waals surface area contributed by atoms with Crippen LogP contribution in [0.4, 0.5) is 0 Å². The molecule has 78 valence electrons. The van der Waals surface area contributed by atoms with Crippen LogP contribution in [-0.2, 0) is 17.6 Å². The second-order valence-corrected chi connectivity index (χ2v) is 3.85. The number of rotatable bonds is 2. The van der Waals surface area contributed by atoms with Gasteiger partial charge in [-0.25, -0.2) is 4.79 Å². The molecule has 1 aromatic rings. The van der Waals surface area contributed by atoms with Crippen molar-refractivity contribution in [2.45, 2.75) is 26.2 Å². The summed E-state index contributed by atoms with van der Waals surface area (Å²) in [5.74, 6) is -0.847. The summed E-state index contributed by atoms with van der Waals surface area (Å²) in [4.78, 5) is 10.6. The van der Waals surface area contributed by atoms with E-state index in [0.717, 1.165) is 30.4 Å². The highest BCUT2D eigenvalue weighted by Gasteiger charge is 2.16. The Morgan fingerprint density at radius 2 is 2.27 bits per heavy atom. The molecule has 2 nitrogen and oxygen atoms in total. The number of fused-ring (bicyclic) bond motifs is 1. The summed E-state index contributed by atoms with van der Waals surface area (Å²) in [7, 11) is 0. The van der Waals surface area contributed by atoms with Crippen molar-refractivity contribution in [3.8, 4) is 0 Å². The van der Waals surface area contributed by atoms with Crippen molar-refractivity contribution in [3.05, 3.63) is 41.0 Å². The Labute approximate surface area is 89.2 Å². The number of hydrogen-bond acceptors (Lipinski definition) is 1. The van der Waals surface area contributed by atoms with E-state index in [1.807, 2.05) is 0 Å². The zero-order chi connectivity index (χ0) is 10.8. The maximum absolute atomic E-state index is 10.6. The third-order valence-electron chi connectivity index (χ3n) is 2.89. The standard InChI is InChI=1S/C13H14O2/c1-2-9-3-4-10-5-6-11(8-13(14)15)12(10)7-9/h3-4,7-8H,2,5-6H2,1H3,(H,14,15)/b11-8+. The maximum atomic E-state index is 10.6. The normalized spacial score (nSPS) is 16.7. The molecule has 15 heavy (non-hydrogen) atoms.